The Balaban J connectivity index is 1.20. The third-order valence-electron chi connectivity index (χ3n) is 6.40. The molecule has 23 heteroatoms. The number of hydrogen-bond acceptors (Lipinski definition) is 17. The first kappa shape index (κ1) is 27.3. The van der Waals surface area contributed by atoms with Crippen LogP contribution in [0.2, 0.25) is 0 Å². The molecule has 0 aliphatic carbocycles. The van der Waals surface area contributed by atoms with E-state index in [9.17, 15) is 49.2 Å². The summed E-state index contributed by atoms with van der Waals surface area (Å²) in [6.45, 7) is -2.20. The predicted molar refractivity (Wildman–Crippen MR) is 136 cm³/mol. The van der Waals surface area contributed by atoms with Crippen molar-refractivity contribution in [3.05, 3.63) is 42.6 Å². The number of phosphoric ester groups is 2. The minimum absolute atomic E-state index is 0.0128. The number of hydrogen-bond donors (Lipinski definition) is 7. The summed E-state index contributed by atoms with van der Waals surface area (Å²) in [6.07, 6.45) is -13.7. The number of rotatable bonds is 11. The van der Waals surface area contributed by atoms with Gasteiger partial charge in [-0.2, -0.15) is 4.57 Å². The SMILES string of the molecule is [2H]c1c([2H])c([2H])[n+]([C@@H]2O[C@H](COP(=O)([O-])OP(=O)(O)OC[C@H]3O[C@@H](n4cnc5c(N)ncnc54)[C@H](O)[C@@H]3O)[C@@H](O)[C@H]2O)c([2H])c1C(=O)O. The molecule has 2 fully saturated rings. The fraction of sp³-hybridized carbons (Fsp3) is 0.476. The van der Waals surface area contributed by atoms with E-state index in [1.165, 1.54) is 10.9 Å². The maximum atomic E-state index is 12.4. The second kappa shape index (κ2) is 12.4. The average molecular weight is 668 g/mol. The second-order valence-electron chi connectivity index (χ2n) is 9.29. The number of aromatic carboxylic acids is 1. The highest BCUT2D eigenvalue weighted by Gasteiger charge is 2.49. The predicted octanol–water partition coefficient (Wildman–Crippen LogP) is -3.05. The van der Waals surface area contributed by atoms with Gasteiger partial charge in [-0.3, -0.25) is 13.7 Å². The van der Waals surface area contributed by atoms with Crippen LogP contribution in [0.3, 0.4) is 0 Å². The van der Waals surface area contributed by atoms with Crippen LogP contribution in [0.1, 0.15) is 28.3 Å². The monoisotopic (exact) mass is 668 g/mol. The number of carboxylic acid groups (broad SMARTS) is 1. The summed E-state index contributed by atoms with van der Waals surface area (Å²) in [5.41, 5.74) is 4.98. The van der Waals surface area contributed by atoms with Crippen molar-refractivity contribution in [2.24, 2.45) is 0 Å². The van der Waals surface area contributed by atoms with Gasteiger partial charge in [-0.05, 0) is 6.04 Å². The molecule has 10 atom stereocenters. The van der Waals surface area contributed by atoms with Crippen molar-refractivity contribution < 1.29 is 82.1 Å². The lowest BCUT2D eigenvalue weighted by atomic mass is 10.1. The number of aliphatic hydroxyl groups excluding tert-OH is 4. The van der Waals surface area contributed by atoms with Crippen LogP contribution in [-0.2, 0) is 32.0 Å². The van der Waals surface area contributed by atoms with Gasteiger partial charge in [0.05, 0.1) is 22.3 Å². The molecule has 3 aromatic rings. The summed E-state index contributed by atoms with van der Waals surface area (Å²) >= 11 is 0. The molecule has 44 heavy (non-hydrogen) atoms. The molecule has 21 nitrogen and oxygen atoms in total. The molecule has 0 bridgehead atoms. The van der Waals surface area contributed by atoms with Crippen LogP contribution in [0.25, 0.3) is 11.2 Å². The van der Waals surface area contributed by atoms with E-state index in [1.807, 2.05) is 0 Å². The molecule has 5 rings (SSSR count). The molecule has 3 aromatic heterocycles. The number of nitrogen functional groups attached to an aromatic ring is 1. The van der Waals surface area contributed by atoms with Crippen molar-refractivity contribution >= 4 is 38.6 Å². The standard InChI is InChI=1S/C21H26N6O15P2/c22-17-12-18(24-7-23-17)27(8-25-12)20-16(31)14(29)11(41-20)6-39-44(36,37)42-43(34,35)38-5-10-13(28)15(30)19(40-10)26-3-1-2-9(4-26)21(32)33/h1-4,7-8,10-11,13-16,19-20,28-31H,5-6H2,(H4-,22,23,24,32,33,34,35,36,37)/t10-,11-,13-,14-,15-,16-,19-,20-/m1/s1/i1D,2D,3D,4D. The van der Waals surface area contributed by atoms with Gasteiger partial charge in [0, 0.05) is 6.04 Å². The summed E-state index contributed by atoms with van der Waals surface area (Å²) in [5, 5.41) is 51.1. The van der Waals surface area contributed by atoms with E-state index in [4.69, 9.17) is 20.7 Å². The Kier molecular flexibility index (Phi) is 7.70. The highest BCUT2D eigenvalue weighted by Crippen LogP contribution is 2.58. The van der Waals surface area contributed by atoms with Crippen molar-refractivity contribution in [1.29, 1.82) is 0 Å². The van der Waals surface area contributed by atoms with E-state index in [0.29, 0.717) is 4.57 Å². The molecule has 0 radical (unpaired) electrons. The van der Waals surface area contributed by atoms with Gasteiger partial charge in [-0.15, -0.1) is 0 Å². The number of imidazole rings is 1. The first-order valence-electron chi connectivity index (χ1n) is 14.2. The maximum Gasteiger partial charge on any atom is 0.478 e. The normalized spacial score (nSPS) is 32.9. The first-order chi connectivity index (χ1) is 22.3. The molecule has 0 saturated carbocycles. The van der Waals surface area contributed by atoms with Gasteiger partial charge in [0.2, 0.25) is 0 Å². The van der Waals surface area contributed by atoms with Gasteiger partial charge in [-0.1, -0.05) is 0 Å². The Morgan fingerprint density at radius 1 is 1.09 bits per heavy atom. The number of fused-ring (bicyclic) bond motifs is 1. The molecule has 2 unspecified atom stereocenters. The van der Waals surface area contributed by atoms with Gasteiger partial charge in [0.25, 0.3) is 14.1 Å². The Labute approximate surface area is 251 Å². The van der Waals surface area contributed by atoms with Gasteiger partial charge in [0.15, 0.2) is 36.1 Å². The van der Waals surface area contributed by atoms with E-state index in [2.05, 4.69) is 28.3 Å². The summed E-state index contributed by atoms with van der Waals surface area (Å²) in [6, 6.07) is -1.93. The second-order valence-corrected chi connectivity index (χ2v) is 12.3. The summed E-state index contributed by atoms with van der Waals surface area (Å²) in [5.74, 6) is -1.79. The molecule has 240 valence electrons. The summed E-state index contributed by atoms with van der Waals surface area (Å²) < 4.78 is 82.0. The average Bonchev–Trinajstić information content (AvgIpc) is 3.64. The van der Waals surface area contributed by atoms with E-state index >= 15 is 0 Å². The van der Waals surface area contributed by atoms with Crippen LogP contribution in [0.15, 0.2) is 37.1 Å². The third kappa shape index (κ3) is 6.65. The number of aliphatic hydroxyl groups is 4. The molecular weight excluding hydrogens is 638 g/mol. The number of carboxylic acids is 1. The van der Waals surface area contributed by atoms with E-state index in [0.717, 1.165) is 6.33 Å². The minimum atomic E-state index is -5.80. The fourth-order valence-electron chi connectivity index (χ4n) is 4.29. The van der Waals surface area contributed by atoms with E-state index in [1.54, 1.807) is 0 Å². The van der Waals surface area contributed by atoms with Gasteiger partial charge < -0.3 is 55.1 Å². The third-order valence-corrected chi connectivity index (χ3v) is 8.97. The number of aromatic nitrogens is 5. The van der Waals surface area contributed by atoms with Crippen LogP contribution in [-0.4, -0.2) is 106 Å². The largest absolute Gasteiger partial charge is 0.756 e. The zero-order valence-corrected chi connectivity index (χ0v) is 23.5. The lowest BCUT2D eigenvalue weighted by Gasteiger charge is -2.26. The zero-order chi connectivity index (χ0) is 35.5. The fourth-order valence-corrected chi connectivity index (χ4v) is 6.35. The van der Waals surface area contributed by atoms with E-state index in [-0.39, 0.29) is 17.0 Å². The van der Waals surface area contributed by atoms with Crippen molar-refractivity contribution in [1.82, 2.24) is 19.5 Å². The number of nitrogens with zero attached hydrogens (tertiary/aromatic N) is 5. The highest BCUT2D eigenvalue weighted by atomic mass is 31.3. The minimum Gasteiger partial charge on any atom is -0.756 e. The van der Waals surface area contributed by atoms with Crippen molar-refractivity contribution in [2.45, 2.75) is 49.1 Å². The van der Waals surface area contributed by atoms with Crippen LogP contribution < -0.4 is 15.2 Å². The number of ether oxygens (including phenoxy) is 2. The number of pyridine rings is 1. The van der Waals surface area contributed by atoms with Crippen LogP contribution in [0.4, 0.5) is 5.82 Å². The molecule has 2 aliphatic heterocycles. The zero-order valence-electron chi connectivity index (χ0n) is 25.8. The lowest BCUT2D eigenvalue weighted by Crippen LogP contribution is -2.46. The number of nitrogens with two attached hydrogens (primary N) is 1. The molecule has 2 saturated heterocycles. The molecular formula is C21H26N6O15P2. The Bertz CT molecular complexity index is 1840. The van der Waals surface area contributed by atoms with Crippen LogP contribution in [0.5, 0.6) is 0 Å². The number of anilines is 1. The maximum absolute atomic E-state index is 12.4. The van der Waals surface area contributed by atoms with E-state index < -0.39 is 114 Å². The van der Waals surface area contributed by atoms with Crippen molar-refractivity contribution in [3.8, 4) is 0 Å². The number of phosphoric acid groups is 2. The highest BCUT2D eigenvalue weighted by molar-refractivity contribution is 7.60. The smallest absolute Gasteiger partial charge is 0.478 e. The summed E-state index contributed by atoms with van der Waals surface area (Å²) in [4.78, 5) is 45.7. The molecule has 0 aromatic carbocycles. The lowest BCUT2D eigenvalue weighted by molar-refractivity contribution is -0.765. The Hall–Kier alpha value is -3.01. The quantitative estimate of drug-likeness (QED) is 0.0788. The van der Waals surface area contributed by atoms with Crippen molar-refractivity contribution in [2.75, 3.05) is 18.9 Å². The molecule has 8 N–H and O–H groups in total. The Morgan fingerprint density at radius 3 is 2.50 bits per heavy atom. The molecule has 0 amide bonds. The molecule has 0 spiro atoms. The van der Waals surface area contributed by atoms with Gasteiger partial charge >= 0.3 is 13.8 Å². The molecule has 2 aliphatic rings. The van der Waals surface area contributed by atoms with Gasteiger partial charge in [-0.25, -0.2) is 28.6 Å². The van der Waals surface area contributed by atoms with Crippen LogP contribution in [0, 0.1) is 0 Å². The van der Waals surface area contributed by atoms with Gasteiger partial charge in [0.1, 0.15) is 50.7 Å². The molecule has 5 heterocycles. The topological polar surface area (TPSA) is 315 Å². The van der Waals surface area contributed by atoms with Crippen molar-refractivity contribution in [3.63, 3.8) is 0 Å². The van der Waals surface area contributed by atoms with Crippen LogP contribution >= 0.6 is 15.6 Å². The number of carbonyl (C=O) groups is 1. The first-order valence-corrected chi connectivity index (χ1v) is 15.2. The summed E-state index contributed by atoms with van der Waals surface area (Å²) in [7, 11) is -11.4. The Morgan fingerprint density at radius 2 is 1.77 bits per heavy atom.